The molecule has 0 aromatic heterocycles. The average Bonchev–Trinajstić information content (AvgIpc) is 2.40. The van der Waals surface area contributed by atoms with E-state index in [9.17, 15) is 4.79 Å². The second kappa shape index (κ2) is 6.53. The molecule has 0 spiro atoms. The minimum Gasteiger partial charge on any atom is -0.313 e. The topological polar surface area (TPSA) is 29.1 Å². The maximum Gasteiger partial charge on any atom is 0.176 e. The van der Waals surface area contributed by atoms with Gasteiger partial charge in [-0.3, -0.25) is 4.79 Å². The van der Waals surface area contributed by atoms with E-state index in [0.29, 0.717) is 18.0 Å². The summed E-state index contributed by atoms with van der Waals surface area (Å²) in [6.45, 7) is 2.67. The van der Waals surface area contributed by atoms with Crippen molar-refractivity contribution in [2.75, 3.05) is 13.6 Å². The monoisotopic (exact) mass is 279 g/mol. The Hall–Kier alpha value is -0.860. The molecular formula is C16H22ClNO. The van der Waals surface area contributed by atoms with E-state index in [2.05, 4.69) is 12.2 Å². The molecule has 1 fully saturated rings. The van der Waals surface area contributed by atoms with E-state index in [0.717, 1.165) is 10.9 Å². The molecule has 1 aliphatic carbocycles. The number of ketones is 1. The molecule has 0 atom stereocenters. The molecule has 0 radical (unpaired) electrons. The van der Waals surface area contributed by atoms with Crippen LogP contribution in [0.5, 0.6) is 0 Å². The summed E-state index contributed by atoms with van der Waals surface area (Å²) in [4.78, 5) is 11.8. The standard InChI is InChI=1S/C16H22ClNO/c1-11-3-5-12(6-4-11)14-8-7-13(9-15(14)17)16(19)10-18-2/h7-9,11-12,18H,3-6,10H2,1-2H3. The third kappa shape index (κ3) is 3.58. The van der Waals surface area contributed by atoms with E-state index in [-0.39, 0.29) is 5.78 Å². The molecule has 0 aliphatic heterocycles. The van der Waals surface area contributed by atoms with Crippen molar-refractivity contribution >= 4 is 17.4 Å². The number of Topliss-reactive ketones (excluding diaryl/α,β-unsaturated/α-hetero) is 1. The molecule has 19 heavy (non-hydrogen) atoms. The van der Waals surface area contributed by atoms with E-state index >= 15 is 0 Å². The minimum atomic E-state index is 0.0909. The van der Waals surface area contributed by atoms with Crippen LogP contribution < -0.4 is 5.32 Å². The van der Waals surface area contributed by atoms with Gasteiger partial charge in [0.25, 0.3) is 0 Å². The highest BCUT2D eigenvalue weighted by Crippen LogP contribution is 2.38. The van der Waals surface area contributed by atoms with E-state index in [1.807, 2.05) is 18.2 Å². The number of hydrogen-bond donors (Lipinski definition) is 1. The number of benzene rings is 1. The van der Waals surface area contributed by atoms with E-state index in [4.69, 9.17) is 11.6 Å². The second-order valence-corrected chi connectivity index (χ2v) is 6.05. The van der Waals surface area contributed by atoms with Crippen molar-refractivity contribution in [3.8, 4) is 0 Å². The molecule has 0 bridgehead atoms. The molecule has 1 aromatic rings. The largest absolute Gasteiger partial charge is 0.313 e. The number of carbonyl (C=O) groups excluding carboxylic acids is 1. The molecule has 0 saturated heterocycles. The predicted octanol–water partition coefficient (Wildman–Crippen LogP) is 4.04. The predicted molar refractivity (Wildman–Crippen MR) is 80.1 cm³/mol. The van der Waals surface area contributed by atoms with Gasteiger partial charge in [-0.05, 0) is 43.4 Å². The summed E-state index contributed by atoms with van der Waals surface area (Å²) < 4.78 is 0. The zero-order valence-corrected chi connectivity index (χ0v) is 12.5. The quantitative estimate of drug-likeness (QED) is 0.843. The summed E-state index contributed by atoms with van der Waals surface area (Å²) >= 11 is 6.37. The second-order valence-electron chi connectivity index (χ2n) is 5.65. The summed E-state index contributed by atoms with van der Waals surface area (Å²) in [5.74, 6) is 1.50. The lowest BCUT2D eigenvalue weighted by molar-refractivity contribution is 0.0993. The van der Waals surface area contributed by atoms with Crippen LogP contribution in [0.2, 0.25) is 5.02 Å². The molecule has 1 aliphatic rings. The first-order chi connectivity index (χ1) is 9.11. The number of halogens is 1. The van der Waals surface area contributed by atoms with Crippen LogP contribution in [-0.2, 0) is 0 Å². The summed E-state index contributed by atoms with van der Waals surface area (Å²) in [6.07, 6.45) is 4.98. The Balaban J connectivity index is 2.13. The Morgan fingerprint density at radius 3 is 2.58 bits per heavy atom. The fraction of sp³-hybridized carbons (Fsp3) is 0.562. The highest BCUT2D eigenvalue weighted by Gasteiger charge is 2.22. The Morgan fingerprint density at radius 2 is 2.00 bits per heavy atom. The summed E-state index contributed by atoms with van der Waals surface area (Å²) in [7, 11) is 1.77. The summed E-state index contributed by atoms with van der Waals surface area (Å²) in [5, 5.41) is 3.63. The van der Waals surface area contributed by atoms with Crippen LogP contribution in [0.4, 0.5) is 0 Å². The van der Waals surface area contributed by atoms with Crippen LogP contribution in [-0.4, -0.2) is 19.4 Å². The first-order valence-corrected chi connectivity index (χ1v) is 7.47. The van der Waals surface area contributed by atoms with Crippen molar-refractivity contribution in [2.24, 2.45) is 5.92 Å². The number of rotatable bonds is 4. The number of carbonyl (C=O) groups is 1. The Labute approximate surface area is 120 Å². The average molecular weight is 280 g/mol. The zero-order chi connectivity index (χ0) is 13.8. The molecule has 2 rings (SSSR count). The first-order valence-electron chi connectivity index (χ1n) is 7.09. The van der Waals surface area contributed by atoms with E-state index in [1.165, 1.54) is 31.2 Å². The third-order valence-corrected chi connectivity index (χ3v) is 4.44. The van der Waals surface area contributed by atoms with Gasteiger partial charge >= 0.3 is 0 Å². The van der Waals surface area contributed by atoms with Crippen molar-refractivity contribution in [1.82, 2.24) is 5.32 Å². The lowest BCUT2D eigenvalue weighted by Gasteiger charge is -2.27. The SMILES string of the molecule is CNCC(=O)c1ccc(C2CCC(C)CC2)c(Cl)c1. The molecule has 1 saturated carbocycles. The van der Waals surface area contributed by atoms with Crippen molar-refractivity contribution < 1.29 is 4.79 Å². The Bertz CT molecular complexity index is 450. The number of hydrogen-bond acceptors (Lipinski definition) is 2. The molecular weight excluding hydrogens is 258 g/mol. The molecule has 0 unspecified atom stereocenters. The fourth-order valence-electron chi connectivity index (χ4n) is 2.87. The number of nitrogens with one attached hydrogen (secondary N) is 1. The van der Waals surface area contributed by atoms with Gasteiger partial charge in [0.1, 0.15) is 0 Å². The van der Waals surface area contributed by atoms with Gasteiger partial charge in [-0.25, -0.2) is 0 Å². The lowest BCUT2D eigenvalue weighted by Crippen LogP contribution is -2.18. The Kier molecular flexibility index (Phi) is 5.00. The van der Waals surface area contributed by atoms with Gasteiger partial charge in [-0.15, -0.1) is 0 Å². The molecule has 3 heteroatoms. The number of likely N-dealkylation sites (N-methyl/N-ethyl adjacent to an activating group) is 1. The van der Waals surface area contributed by atoms with E-state index in [1.54, 1.807) is 7.05 Å². The van der Waals surface area contributed by atoms with Crippen LogP contribution in [0.3, 0.4) is 0 Å². The first kappa shape index (κ1) is 14.5. The highest BCUT2D eigenvalue weighted by atomic mass is 35.5. The van der Waals surface area contributed by atoms with Crippen LogP contribution in [0.25, 0.3) is 0 Å². The maximum atomic E-state index is 11.8. The van der Waals surface area contributed by atoms with Crippen LogP contribution in [0, 0.1) is 5.92 Å². The maximum absolute atomic E-state index is 11.8. The van der Waals surface area contributed by atoms with Crippen LogP contribution in [0.1, 0.15) is 54.4 Å². The van der Waals surface area contributed by atoms with Gasteiger partial charge in [0.15, 0.2) is 5.78 Å². The van der Waals surface area contributed by atoms with Gasteiger partial charge in [0.05, 0.1) is 6.54 Å². The van der Waals surface area contributed by atoms with Crippen LogP contribution >= 0.6 is 11.6 Å². The van der Waals surface area contributed by atoms with E-state index < -0.39 is 0 Å². The molecule has 1 aromatic carbocycles. The van der Waals surface area contributed by atoms with Crippen LogP contribution in [0.15, 0.2) is 18.2 Å². The third-order valence-electron chi connectivity index (χ3n) is 4.12. The molecule has 0 amide bonds. The zero-order valence-electron chi connectivity index (χ0n) is 11.7. The van der Waals surface area contributed by atoms with Crippen molar-refractivity contribution in [3.63, 3.8) is 0 Å². The summed E-state index contributed by atoms with van der Waals surface area (Å²) in [6, 6.07) is 5.79. The van der Waals surface area contributed by atoms with Gasteiger partial charge in [0.2, 0.25) is 0 Å². The summed E-state index contributed by atoms with van der Waals surface area (Å²) in [5.41, 5.74) is 1.92. The molecule has 104 valence electrons. The Morgan fingerprint density at radius 1 is 1.32 bits per heavy atom. The molecule has 2 nitrogen and oxygen atoms in total. The van der Waals surface area contributed by atoms with Gasteiger partial charge < -0.3 is 5.32 Å². The minimum absolute atomic E-state index is 0.0909. The molecule has 1 N–H and O–H groups in total. The van der Waals surface area contributed by atoms with Crippen molar-refractivity contribution in [2.45, 2.75) is 38.5 Å². The van der Waals surface area contributed by atoms with Gasteiger partial charge in [-0.2, -0.15) is 0 Å². The smallest absolute Gasteiger partial charge is 0.176 e. The lowest BCUT2D eigenvalue weighted by atomic mass is 9.79. The van der Waals surface area contributed by atoms with Gasteiger partial charge in [0, 0.05) is 10.6 Å². The fourth-order valence-corrected chi connectivity index (χ4v) is 3.20. The molecule has 0 heterocycles. The highest BCUT2D eigenvalue weighted by molar-refractivity contribution is 6.31. The normalized spacial score (nSPS) is 23.3. The van der Waals surface area contributed by atoms with Gasteiger partial charge in [-0.1, -0.05) is 43.5 Å². The van der Waals surface area contributed by atoms with Crippen molar-refractivity contribution in [1.29, 1.82) is 0 Å². The van der Waals surface area contributed by atoms with Crippen molar-refractivity contribution in [3.05, 3.63) is 34.3 Å².